The summed E-state index contributed by atoms with van der Waals surface area (Å²) in [6.45, 7) is 1.80. The van der Waals surface area contributed by atoms with Gasteiger partial charge in [0.05, 0.1) is 11.6 Å². The van der Waals surface area contributed by atoms with E-state index in [1.54, 1.807) is 36.5 Å². The van der Waals surface area contributed by atoms with Crippen LogP contribution in [0, 0.1) is 6.92 Å². The van der Waals surface area contributed by atoms with E-state index in [9.17, 15) is 9.90 Å². The van der Waals surface area contributed by atoms with Gasteiger partial charge in [-0.2, -0.15) is 0 Å². The summed E-state index contributed by atoms with van der Waals surface area (Å²) in [7, 11) is 0. The molecule has 1 aliphatic carbocycles. The van der Waals surface area contributed by atoms with Gasteiger partial charge in [0.2, 0.25) is 0 Å². The van der Waals surface area contributed by atoms with Crippen molar-refractivity contribution in [2.24, 2.45) is 0 Å². The summed E-state index contributed by atoms with van der Waals surface area (Å²) >= 11 is 1.76. The topological polar surface area (TPSA) is 49.3 Å². The van der Waals surface area contributed by atoms with Crippen molar-refractivity contribution in [1.29, 1.82) is 0 Å². The summed E-state index contributed by atoms with van der Waals surface area (Å²) in [6, 6.07) is 7.41. The van der Waals surface area contributed by atoms with Crippen LogP contribution in [0.25, 0.3) is 0 Å². The fraction of sp³-hybridized carbons (Fsp3) is 0.312. The third-order valence-electron chi connectivity index (χ3n) is 3.84. The molecule has 1 unspecified atom stereocenters. The molecule has 0 fully saturated rings. The van der Waals surface area contributed by atoms with E-state index in [-0.39, 0.29) is 17.7 Å². The van der Waals surface area contributed by atoms with Crippen molar-refractivity contribution >= 4 is 17.2 Å². The molecular weight excluding hydrogens is 270 g/mol. The van der Waals surface area contributed by atoms with Gasteiger partial charge in [0.15, 0.2) is 0 Å². The first-order chi connectivity index (χ1) is 9.66. The molecule has 1 aromatic carbocycles. The van der Waals surface area contributed by atoms with Crippen LogP contribution >= 0.6 is 11.3 Å². The maximum Gasteiger partial charge on any atom is 0.255 e. The van der Waals surface area contributed by atoms with Gasteiger partial charge in [-0.25, -0.2) is 0 Å². The number of para-hydroxylation sites is 1. The quantitative estimate of drug-likeness (QED) is 0.887. The summed E-state index contributed by atoms with van der Waals surface area (Å²) in [5.41, 5.74) is 2.31. The zero-order valence-electron chi connectivity index (χ0n) is 11.3. The van der Waals surface area contributed by atoms with Gasteiger partial charge in [0.25, 0.3) is 5.91 Å². The smallest absolute Gasteiger partial charge is 0.255 e. The van der Waals surface area contributed by atoms with E-state index in [1.807, 2.05) is 0 Å². The Kier molecular flexibility index (Phi) is 3.49. The minimum Gasteiger partial charge on any atom is -0.507 e. The molecule has 0 spiro atoms. The summed E-state index contributed by atoms with van der Waals surface area (Å²) in [4.78, 5) is 13.7. The molecule has 20 heavy (non-hydrogen) atoms. The van der Waals surface area contributed by atoms with Crippen LogP contribution in [0.5, 0.6) is 5.75 Å². The molecule has 1 amide bonds. The van der Waals surface area contributed by atoms with Crippen LogP contribution in [0.4, 0.5) is 0 Å². The molecule has 0 saturated carbocycles. The van der Waals surface area contributed by atoms with E-state index < -0.39 is 0 Å². The highest BCUT2D eigenvalue weighted by molar-refractivity contribution is 7.10. The number of phenolic OH excluding ortho intramolecular Hbond substituents is 1. The Labute approximate surface area is 122 Å². The lowest BCUT2D eigenvalue weighted by atomic mass is 9.93. The number of aryl methyl sites for hydroxylation is 2. The number of nitrogens with one attached hydrogen (secondary N) is 1. The number of thiophene rings is 1. The van der Waals surface area contributed by atoms with Crippen LogP contribution in [0.2, 0.25) is 0 Å². The number of phenols is 1. The highest BCUT2D eigenvalue weighted by Gasteiger charge is 2.24. The number of carbonyl (C=O) groups is 1. The zero-order chi connectivity index (χ0) is 14.1. The summed E-state index contributed by atoms with van der Waals surface area (Å²) in [5.74, 6) is -0.124. The van der Waals surface area contributed by atoms with Gasteiger partial charge in [-0.1, -0.05) is 12.1 Å². The Hall–Kier alpha value is -1.81. The number of hydrogen-bond donors (Lipinski definition) is 2. The second kappa shape index (κ2) is 5.29. The van der Waals surface area contributed by atoms with Crippen LogP contribution in [-0.4, -0.2) is 11.0 Å². The number of rotatable bonds is 2. The molecule has 3 nitrogen and oxygen atoms in total. The average molecular weight is 287 g/mol. The van der Waals surface area contributed by atoms with Crippen molar-refractivity contribution < 1.29 is 9.90 Å². The number of amides is 1. The van der Waals surface area contributed by atoms with Crippen molar-refractivity contribution in [2.45, 2.75) is 32.2 Å². The third-order valence-corrected chi connectivity index (χ3v) is 4.84. The molecule has 2 N–H and O–H groups in total. The van der Waals surface area contributed by atoms with Crippen LogP contribution in [0.15, 0.2) is 29.6 Å². The number of aromatic hydroxyl groups is 1. The fourth-order valence-electron chi connectivity index (χ4n) is 2.71. The molecule has 1 heterocycles. The van der Waals surface area contributed by atoms with Crippen molar-refractivity contribution in [1.82, 2.24) is 5.32 Å². The molecule has 0 saturated heterocycles. The van der Waals surface area contributed by atoms with E-state index in [1.165, 1.54) is 10.4 Å². The summed E-state index contributed by atoms with van der Waals surface area (Å²) in [6.07, 6.45) is 3.16. The maximum absolute atomic E-state index is 12.3. The van der Waals surface area contributed by atoms with Crippen molar-refractivity contribution in [2.75, 3.05) is 0 Å². The van der Waals surface area contributed by atoms with Crippen molar-refractivity contribution in [3.05, 3.63) is 51.2 Å². The van der Waals surface area contributed by atoms with Crippen LogP contribution < -0.4 is 5.32 Å². The van der Waals surface area contributed by atoms with Gasteiger partial charge in [0, 0.05) is 4.88 Å². The standard InChI is InChI=1S/C16H17NO2S/c1-10-4-2-5-12(15(10)18)16(19)17-13-6-3-7-14-11(13)8-9-20-14/h2,4-5,8-9,13,18H,3,6-7H2,1H3,(H,17,19). The SMILES string of the molecule is Cc1cccc(C(=O)NC2CCCc3sccc32)c1O. The lowest BCUT2D eigenvalue weighted by Crippen LogP contribution is -2.30. The molecule has 104 valence electrons. The Bertz CT molecular complexity index is 648. The van der Waals surface area contributed by atoms with E-state index >= 15 is 0 Å². The Morgan fingerprint density at radius 3 is 3.10 bits per heavy atom. The molecule has 1 atom stereocenters. The van der Waals surface area contributed by atoms with Crippen molar-refractivity contribution in [3.63, 3.8) is 0 Å². The maximum atomic E-state index is 12.3. The van der Waals surface area contributed by atoms with Crippen LogP contribution in [-0.2, 0) is 6.42 Å². The van der Waals surface area contributed by atoms with Gasteiger partial charge in [0.1, 0.15) is 5.75 Å². The summed E-state index contributed by atoms with van der Waals surface area (Å²) < 4.78 is 0. The third kappa shape index (κ3) is 2.31. The first-order valence-corrected chi connectivity index (χ1v) is 7.70. The Morgan fingerprint density at radius 1 is 1.40 bits per heavy atom. The monoisotopic (exact) mass is 287 g/mol. The predicted molar refractivity (Wildman–Crippen MR) is 80.3 cm³/mol. The van der Waals surface area contributed by atoms with Gasteiger partial charge in [-0.15, -0.1) is 11.3 Å². The van der Waals surface area contributed by atoms with Gasteiger partial charge in [-0.3, -0.25) is 4.79 Å². The van der Waals surface area contributed by atoms with Gasteiger partial charge < -0.3 is 10.4 Å². The lowest BCUT2D eigenvalue weighted by Gasteiger charge is -2.24. The number of fused-ring (bicyclic) bond motifs is 1. The molecule has 3 rings (SSSR count). The van der Waals surface area contributed by atoms with Crippen LogP contribution in [0.3, 0.4) is 0 Å². The Balaban J connectivity index is 1.83. The van der Waals surface area contributed by atoms with E-state index in [4.69, 9.17) is 0 Å². The molecular formula is C16H17NO2S. The van der Waals surface area contributed by atoms with E-state index in [0.29, 0.717) is 5.56 Å². The highest BCUT2D eigenvalue weighted by Crippen LogP contribution is 2.33. The second-order valence-electron chi connectivity index (χ2n) is 5.19. The predicted octanol–water partition coefficient (Wildman–Crippen LogP) is 3.57. The lowest BCUT2D eigenvalue weighted by molar-refractivity contribution is 0.0930. The Morgan fingerprint density at radius 2 is 2.25 bits per heavy atom. The molecule has 1 aliphatic rings. The molecule has 0 bridgehead atoms. The van der Waals surface area contributed by atoms with Gasteiger partial charge in [-0.05, 0) is 54.8 Å². The summed E-state index contributed by atoms with van der Waals surface area (Å²) in [5, 5.41) is 15.1. The number of benzene rings is 1. The number of carbonyl (C=O) groups excluding carboxylic acids is 1. The normalized spacial score (nSPS) is 17.6. The molecule has 2 aromatic rings. The van der Waals surface area contributed by atoms with Crippen LogP contribution in [0.1, 0.15) is 45.2 Å². The van der Waals surface area contributed by atoms with Gasteiger partial charge >= 0.3 is 0 Å². The van der Waals surface area contributed by atoms with E-state index in [2.05, 4.69) is 16.8 Å². The fourth-order valence-corrected chi connectivity index (χ4v) is 3.70. The first kappa shape index (κ1) is 13.2. The minimum atomic E-state index is -0.199. The average Bonchev–Trinajstić information content (AvgIpc) is 2.91. The number of hydrogen-bond acceptors (Lipinski definition) is 3. The molecule has 0 radical (unpaired) electrons. The largest absolute Gasteiger partial charge is 0.507 e. The van der Waals surface area contributed by atoms with E-state index in [0.717, 1.165) is 24.8 Å². The minimum absolute atomic E-state index is 0.0670. The first-order valence-electron chi connectivity index (χ1n) is 6.82. The zero-order valence-corrected chi connectivity index (χ0v) is 12.2. The molecule has 1 aromatic heterocycles. The molecule has 4 heteroatoms. The molecule has 0 aliphatic heterocycles. The second-order valence-corrected chi connectivity index (χ2v) is 6.19. The van der Waals surface area contributed by atoms with Crippen molar-refractivity contribution in [3.8, 4) is 5.75 Å². The highest BCUT2D eigenvalue weighted by atomic mass is 32.1.